The minimum absolute atomic E-state index is 0.177. The second kappa shape index (κ2) is 7.39. The predicted molar refractivity (Wildman–Crippen MR) is 83.0 cm³/mol. The highest BCUT2D eigenvalue weighted by Crippen LogP contribution is 2.24. The number of non-ortho nitro benzene ring substituents is 1. The highest BCUT2D eigenvalue weighted by Gasteiger charge is 2.23. The lowest BCUT2D eigenvalue weighted by atomic mass is 9.83. The lowest BCUT2D eigenvalue weighted by Gasteiger charge is -2.32. The van der Waals surface area contributed by atoms with E-state index in [1.54, 1.807) is 18.2 Å². The number of rotatable bonds is 7. The number of nitrogens with zero attached hydrogens (tertiary/aromatic N) is 1. The maximum absolute atomic E-state index is 10.8. The number of nitro benzene ring substituents is 1. The Morgan fingerprint density at radius 1 is 1.35 bits per heavy atom. The minimum Gasteiger partial charge on any atom is -0.313 e. The van der Waals surface area contributed by atoms with E-state index in [4.69, 9.17) is 0 Å². The molecule has 0 saturated heterocycles. The van der Waals surface area contributed by atoms with Gasteiger partial charge in [0.15, 0.2) is 0 Å². The molecule has 4 heteroatoms. The molecule has 1 unspecified atom stereocenters. The molecule has 20 heavy (non-hydrogen) atoms. The summed E-state index contributed by atoms with van der Waals surface area (Å²) in [6.07, 6.45) is 2.97. The smallest absolute Gasteiger partial charge is 0.269 e. The molecule has 0 fully saturated rings. The van der Waals surface area contributed by atoms with E-state index in [2.05, 4.69) is 33.0 Å². The lowest BCUT2D eigenvalue weighted by molar-refractivity contribution is -0.384. The predicted octanol–water partition coefficient (Wildman–Crippen LogP) is 3.94. The van der Waals surface area contributed by atoms with Crippen molar-refractivity contribution < 1.29 is 4.92 Å². The first kappa shape index (κ1) is 16.6. The molecule has 1 rings (SSSR count). The Morgan fingerprint density at radius 2 is 2.05 bits per heavy atom. The summed E-state index contributed by atoms with van der Waals surface area (Å²) in [6.45, 7) is 9.86. The van der Waals surface area contributed by atoms with Gasteiger partial charge in [0, 0.05) is 18.2 Å². The van der Waals surface area contributed by atoms with Crippen LogP contribution in [-0.4, -0.2) is 17.5 Å². The van der Waals surface area contributed by atoms with Crippen LogP contribution in [0.1, 0.15) is 46.1 Å². The molecular formula is C16H26N2O2. The van der Waals surface area contributed by atoms with Crippen LogP contribution in [0.15, 0.2) is 24.3 Å². The molecule has 1 aromatic carbocycles. The van der Waals surface area contributed by atoms with Gasteiger partial charge in [-0.3, -0.25) is 10.1 Å². The van der Waals surface area contributed by atoms with E-state index >= 15 is 0 Å². The maximum atomic E-state index is 10.8. The van der Waals surface area contributed by atoms with Crippen LogP contribution in [-0.2, 0) is 6.42 Å². The van der Waals surface area contributed by atoms with Gasteiger partial charge in [-0.05, 0) is 36.8 Å². The van der Waals surface area contributed by atoms with Crippen LogP contribution >= 0.6 is 0 Å². The van der Waals surface area contributed by atoms with Gasteiger partial charge in [-0.1, -0.05) is 39.8 Å². The van der Waals surface area contributed by atoms with Crippen LogP contribution in [0.2, 0.25) is 0 Å². The fourth-order valence-electron chi connectivity index (χ4n) is 2.30. The van der Waals surface area contributed by atoms with Gasteiger partial charge in [0.25, 0.3) is 5.69 Å². The second-order valence-corrected chi connectivity index (χ2v) is 6.34. The summed E-state index contributed by atoms with van der Waals surface area (Å²) in [5.74, 6) is 0. The molecule has 0 aliphatic carbocycles. The number of nitro groups is 1. The summed E-state index contributed by atoms with van der Waals surface area (Å²) in [6, 6.07) is 7.37. The fraction of sp³-hybridized carbons (Fsp3) is 0.625. The van der Waals surface area contributed by atoms with Crippen LogP contribution in [0, 0.1) is 15.5 Å². The van der Waals surface area contributed by atoms with Crippen molar-refractivity contribution in [3.05, 3.63) is 39.9 Å². The monoisotopic (exact) mass is 278 g/mol. The molecule has 112 valence electrons. The number of hydrogen-bond donors (Lipinski definition) is 1. The summed E-state index contributed by atoms with van der Waals surface area (Å²) in [4.78, 5) is 10.5. The summed E-state index contributed by atoms with van der Waals surface area (Å²) in [5.41, 5.74) is 1.40. The first-order valence-electron chi connectivity index (χ1n) is 7.31. The minimum atomic E-state index is -0.333. The Morgan fingerprint density at radius 3 is 2.60 bits per heavy atom. The highest BCUT2D eigenvalue weighted by atomic mass is 16.6. The van der Waals surface area contributed by atoms with E-state index in [1.807, 2.05) is 6.07 Å². The van der Waals surface area contributed by atoms with Crippen LogP contribution in [0.25, 0.3) is 0 Å². The average molecular weight is 278 g/mol. The molecule has 1 N–H and O–H groups in total. The topological polar surface area (TPSA) is 55.2 Å². The standard InChI is InChI=1S/C16H26N2O2/c1-5-11-17-15(16(2,3)4)10-9-13-7-6-8-14(12-13)18(19)20/h6-8,12,15,17H,5,9-11H2,1-4H3. The van der Waals surface area contributed by atoms with E-state index in [9.17, 15) is 10.1 Å². The van der Waals surface area contributed by atoms with Crippen molar-refractivity contribution in [1.82, 2.24) is 5.32 Å². The van der Waals surface area contributed by atoms with Crippen LogP contribution < -0.4 is 5.32 Å². The molecule has 0 heterocycles. The van der Waals surface area contributed by atoms with E-state index in [-0.39, 0.29) is 16.0 Å². The van der Waals surface area contributed by atoms with Crippen LogP contribution in [0.4, 0.5) is 5.69 Å². The van der Waals surface area contributed by atoms with Crippen molar-refractivity contribution in [1.29, 1.82) is 0 Å². The van der Waals surface area contributed by atoms with Crippen molar-refractivity contribution in [3.8, 4) is 0 Å². The third-order valence-electron chi connectivity index (χ3n) is 3.53. The third-order valence-corrected chi connectivity index (χ3v) is 3.53. The Balaban J connectivity index is 2.67. The van der Waals surface area contributed by atoms with Crippen molar-refractivity contribution in [3.63, 3.8) is 0 Å². The molecule has 0 aliphatic rings. The van der Waals surface area contributed by atoms with Gasteiger partial charge in [0.1, 0.15) is 0 Å². The Labute approximate surface area is 121 Å². The molecule has 1 atom stereocenters. The molecule has 0 bridgehead atoms. The maximum Gasteiger partial charge on any atom is 0.269 e. The molecule has 4 nitrogen and oxygen atoms in total. The molecule has 0 radical (unpaired) electrons. The first-order chi connectivity index (χ1) is 9.34. The van der Waals surface area contributed by atoms with Gasteiger partial charge in [0.05, 0.1) is 4.92 Å². The molecule has 0 amide bonds. The molecule has 0 saturated carbocycles. The van der Waals surface area contributed by atoms with Crippen LogP contribution in [0.5, 0.6) is 0 Å². The van der Waals surface area contributed by atoms with Crippen molar-refractivity contribution in [2.75, 3.05) is 6.54 Å². The fourth-order valence-corrected chi connectivity index (χ4v) is 2.30. The molecule has 1 aromatic rings. The first-order valence-corrected chi connectivity index (χ1v) is 7.31. The zero-order chi connectivity index (χ0) is 15.2. The van der Waals surface area contributed by atoms with Crippen molar-refractivity contribution >= 4 is 5.69 Å². The Bertz CT molecular complexity index is 438. The van der Waals surface area contributed by atoms with Crippen LogP contribution in [0.3, 0.4) is 0 Å². The largest absolute Gasteiger partial charge is 0.313 e. The highest BCUT2D eigenvalue weighted by molar-refractivity contribution is 5.34. The molecule has 0 spiro atoms. The number of benzene rings is 1. The van der Waals surface area contributed by atoms with E-state index in [1.165, 1.54) is 0 Å². The number of nitrogens with one attached hydrogen (secondary N) is 1. The molecular weight excluding hydrogens is 252 g/mol. The van der Waals surface area contributed by atoms with Gasteiger partial charge >= 0.3 is 0 Å². The second-order valence-electron chi connectivity index (χ2n) is 6.34. The summed E-state index contributed by atoms with van der Waals surface area (Å²) in [5, 5.41) is 14.4. The zero-order valence-electron chi connectivity index (χ0n) is 13.0. The average Bonchev–Trinajstić information content (AvgIpc) is 2.37. The van der Waals surface area contributed by atoms with E-state index < -0.39 is 0 Å². The lowest BCUT2D eigenvalue weighted by Crippen LogP contribution is -2.41. The summed E-state index contributed by atoms with van der Waals surface area (Å²) in [7, 11) is 0. The quantitative estimate of drug-likeness (QED) is 0.607. The van der Waals surface area contributed by atoms with Gasteiger partial charge in [-0.25, -0.2) is 0 Å². The van der Waals surface area contributed by atoms with Crippen molar-refractivity contribution in [2.24, 2.45) is 5.41 Å². The zero-order valence-corrected chi connectivity index (χ0v) is 13.0. The molecule has 0 aromatic heterocycles. The van der Waals surface area contributed by atoms with Gasteiger partial charge in [-0.15, -0.1) is 0 Å². The Hall–Kier alpha value is -1.42. The number of aryl methyl sites for hydroxylation is 1. The summed E-state index contributed by atoms with van der Waals surface area (Å²) < 4.78 is 0. The van der Waals surface area contributed by atoms with Gasteiger partial charge in [0.2, 0.25) is 0 Å². The van der Waals surface area contributed by atoms with Crippen molar-refractivity contribution in [2.45, 2.75) is 53.0 Å². The normalized spacial score (nSPS) is 13.2. The van der Waals surface area contributed by atoms with Gasteiger partial charge < -0.3 is 5.32 Å². The van der Waals surface area contributed by atoms with Gasteiger partial charge in [-0.2, -0.15) is 0 Å². The summed E-state index contributed by atoms with van der Waals surface area (Å²) >= 11 is 0. The Kier molecular flexibility index (Phi) is 6.14. The molecule has 0 aliphatic heterocycles. The SMILES string of the molecule is CCCNC(CCc1cccc([N+](=O)[O-])c1)C(C)(C)C. The third kappa shape index (κ3) is 5.29. The van der Waals surface area contributed by atoms with E-state index in [0.29, 0.717) is 6.04 Å². The number of hydrogen-bond acceptors (Lipinski definition) is 3. The van der Waals surface area contributed by atoms with E-state index in [0.717, 1.165) is 31.4 Å².